The Hall–Kier alpha value is -2.78. The number of allylic oxidation sites excluding steroid dienone is 6. The molecule has 1 aromatic heterocycles. The van der Waals surface area contributed by atoms with E-state index in [0.717, 1.165) is 10.6 Å². The van der Waals surface area contributed by atoms with Crippen LogP contribution in [-0.2, 0) is 0 Å². The number of halogens is 1. The molecule has 0 atom stereocenters. The van der Waals surface area contributed by atoms with Crippen LogP contribution in [0.3, 0.4) is 0 Å². The number of hydrogen-bond acceptors (Lipinski definition) is 3. The van der Waals surface area contributed by atoms with Crippen LogP contribution in [0, 0.1) is 6.92 Å². The van der Waals surface area contributed by atoms with Gasteiger partial charge in [-0.3, -0.25) is 0 Å². The molecule has 0 saturated carbocycles. The second-order valence-corrected chi connectivity index (χ2v) is 5.61. The summed E-state index contributed by atoms with van der Waals surface area (Å²) in [7, 11) is 1.52. The van der Waals surface area contributed by atoms with E-state index in [4.69, 9.17) is 20.8 Å². The highest BCUT2D eigenvalue weighted by Crippen LogP contribution is 2.16. The van der Waals surface area contributed by atoms with Gasteiger partial charge in [0.15, 0.2) is 0 Å². The Bertz CT molecular complexity index is 886. The normalized spacial score (nSPS) is 12.1. The van der Waals surface area contributed by atoms with Crippen molar-refractivity contribution in [3.63, 3.8) is 0 Å². The number of ether oxygens (including phenoxy) is 1. The average Bonchev–Trinajstić information content (AvgIpc) is 2.60. The number of benzene rings is 1. The summed E-state index contributed by atoms with van der Waals surface area (Å²) in [4.78, 5) is 11.6. The predicted octanol–water partition coefficient (Wildman–Crippen LogP) is 5.45. The van der Waals surface area contributed by atoms with Crippen LogP contribution in [-0.4, -0.2) is 7.11 Å². The van der Waals surface area contributed by atoms with Crippen LogP contribution in [0.5, 0.6) is 5.75 Å². The lowest BCUT2D eigenvalue weighted by Gasteiger charge is -2.02. The lowest BCUT2D eigenvalue weighted by molar-refractivity contribution is 0.395. The second-order valence-electron chi connectivity index (χ2n) is 5.17. The third kappa shape index (κ3) is 5.98. The van der Waals surface area contributed by atoms with E-state index in [1.807, 2.05) is 60.7 Å². The molecule has 2 rings (SSSR count). The fourth-order valence-corrected chi connectivity index (χ4v) is 2.23. The van der Waals surface area contributed by atoms with E-state index in [1.54, 1.807) is 25.1 Å². The summed E-state index contributed by atoms with van der Waals surface area (Å²) in [5.41, 5.74) is 1.11. The van der Waals surface area contributed by atoms with E-state index in [9.17, 15) is 4.79 Å². The molecule has 0 aliphatic carbocycles. The van der Waals surface area contributed by atoms with Crippen molar-refractivity contribution in [1.29, 1.82) is 0 Å². The molecule has 0 amide bonds. The monoisotopic (exact) mass is 354 g/mol. The van der Waals surface area contributed by atoms with Gasteiger partial charge in [-0.15, -0.1) is 0 Å². The van der Waals surface area contributed by atoms with Gasteiger partial charge in [0, 0.05) is 11.1 Å². The van der Waals surface area contributed by atoms with Crippen LogP contribution in [0.2, 0.25) is 5.02 Å². The fourth-order valence-electron chi connectivity index (χ4n) is 2.03. The molecular weight excluding hydrogens is 336 g/mol. The minimum atomic E-state index is -0.394. The standard InChI is InChI=1S/C21H19ClO3/c1-16-20(24-2)15-19(25-21(16)23)13-8-6-4-3-5-7-10-17-11-9-12-18(22)14-17/h3-15H,1-2H3/b5-3+,6-4+,10-7+,13-8+. The molecule has 0 aliphatic heterocycles. The Morgan fingerprint density at radius 2 is 1.68 bits per heavy atom. The maximum Gasteiger partial charge on any atom is 0.342 e. The van der Waals surface area contributed by atoms with Crippen LogP contribution in [0.25, 0.3) is 12.2 Å². The molecule has 0 N–H and O–H groups in total. The first kappa shape index (κ1) is 18.6. The molecule has 25 heavy (non-hydrogen) atoms. The molecule has 0 saturated heterocycles. The van der Waals surface area contributed by atoms with Gasteiger partial charge in [0.25, 0.3) is 0 Å². The highest BCUT2D eigenvalue weighted by Gasteiger charge is 2.05. The summed E-state index contributed by atoms with van der Waals surface area (Å²) in [6.07, 6.45) is 14.9. The van der Waals surface area contributed by atoms with Crippen molar-refractivity contribution in [2.45, 2.75) is 6.92 Å². The topological polar surface area (TPSA) is 39.4 Å². The van der Waals surface area contributed by atoms with Crippen molar-refractivity contribution < 1.29 is 9.15 Å². The van der Waals surface area contributed by atoms with Crippen LogP contribution < -0.4 is 10.4 Å². The Kier molecular flexibility index (Phi) is 7.05. The molecule has 0 aliphatic rings. The first-order valence-corrected chi connectivity index (χ1v) is 8.10. The van der Waals surface area contributed by atoms with Crippen molar-refractivity contribution in [3.05, 3.63) is 99.1 Å². The summed E-state index contributed by atoms with van der Waals surface area (Å²) in [6.45, 7) is 1.67. The zero-order valence-corrected chi connectivity index (χ0v) is 14.9. The SMILES string of the molecule is COc1cc(/C=C/C=C/C=C/C=C/c2cccc(Cl)c2)oc(=O)c1C. The summed E-state index contributed by atoms with van der Waals surface area (Å²) in [6, 6.07) is 9.32. The van der Waals surface area contributed by atoms with Gasteiger partial charge in [-0.05, 0) is 30.7 Å². The summed E-state index contributed by atoms with van der Waals surface area (Å²) in [5.74, 6) is 0.966. The maximum absolute atomic E-state index is 11.6. The molecule has 0 radical (unpaired) electrons. The van der Waals surface area contributed by atoms with Crippen LogP contribution in [0.1, 0.15) is 16.9 Å². The molecule has 1 aromatic carbocycles. The van der Waals surface area contributed by atoms with Gasteiger partial charge in [-0.2, -0.15) is 0 Å². The van der Waals surface area contributed by atoms with Gasteiger partial charge in [0.05, 0.1) is 12.7 Å². The van der Waals surface area contributed by atoms with Gasteiger partial charge in [0.1, 0.15) is 11.5 Å². The summed E-state index contributed by atoms with van der Waals surface area (Å²) >= 11 is 5.92. The van der Waals surface area contributed by atoms with Crippen LogP contribution in [0.4, 0.5) is 0 Å². The van der Waals surface area contributed by atoms with E-state index in [0.29, 0.717) is 17.1 Å². The van der Waals surface area contributed by atoms with E-state index in [2.05, 4.69) is 0 Å². The molecular formula is C21H19ClO3. The predicted molar refractivity (Wildman–Crippen MR) is 104 cm³/mol. The van der Waals surface area contributed by atoms with Crippen LogP contribution in [0.15, 0.2) is 76.0 Å². The van der Waals surface area contributed by atoms with Crippen molar-refractivity contribution in [2.24, 2.45) is 0 Å². The van der Waals surface area contributed by atoms with E-state index < -0.39 is 5.63 Å². The first-order chi connectivity index (χ1) is 12.1. The highest BCUT2D eigenvalue weighted by molar-refractivity contribution is 6.30. The van der Waals surface area contributed by atoms with E-state index >= 15 is 0 Å². The number of methoxy groups -OCH3 is 1. The van der Waals surface area contributed by atoms with Crippen molar-refractivity contribution >= 4 is 23.8 Å². The molecule has 0 spiro atoms. The Labute approximate surface area is 152 Å². The van der Waals surface area contributed by atoms with Crippen molar-refractivity contribution in [1.82, 2.24) is 0 Å². The molecule has 0 fully saturated rings. The molecule has 3 nitrogen and oxygen atoms in total. The van der Waals surface area contributed by atoms with Gasteiger partial charge in [-0.1, -0.05) is 66.3 Å². The van der Waals surface area contributed by atoms with E-state index in [1.165, 1.54) is 7.11 Å². The Morgan fingerprint density at radius 3 is 2.36 bits per heavy atom. The maximum atomic E-state index is 11.6. The minimum Gasteiger partial charge on any atom is -0.496 e. The Balaban J connectivity index is 1.91. The Morgan fingerprint density at radius 1 is 1.00 bits per heavy atom. The molecule has 128 valence electrons. The average molecular weight is 355 g/mol. The van der Waals surface area contributed by atoms with Gasteiger partial charge in [-0.25, -0.2) is 4.79 Å². The summed E-state index contributed by atoms with van der Waals surface area (Å²) in [5, 5.41) is 0.718. The molecule has 4 heteroatoms. The zero-order chi connectivity index (χ0) is 18.1. The molecule has 1 heterocycles. The highest BCUT2D eigenvalue weighted by atomic mass is 35.5. The van der Waals surface area contributed by atoms with E-state index in [-0.39, 0.29) is 0 Å². The zero-order valence-electron chi connectivity index (χ0n) is 14.1. The minimum absolute atomic E-state index is 0.394. The smallest absolute Gasteiger partial charge is 0.342 e. The second kappa shape index (κ2) is 9.50. The van der Waals surface area contributed by atoms with Crippen molar-refractivity contribution in [3.8, 4) is 5.75 Å². The quantitative estimate of drug-likeness (QED) is 0.647. The molecule has 0 unspecified atom stereocenters. The first-order valence-electron chi connectivity index (χ1n) is 7.72. The fraction of sp³-hybridized carbons (Fsp3) is 0.0952. The number of hydrogen-bond donors (Lipinski definition) is 0. The van der Waals surface area contributed by atoms with Gasteiger partial charge >= 0.3 is 5.63 Å². The molecule has 2 aromatic rings. The largest absolute Gasteiger partial charge is 0.496 e. The summed E-state index contributed by atoms with van der Waals surface area (Å²) < 4.78 is 10.3. The van der Waals surface area contributed by atoms with Crippen LogP contribution >= 0.6 is 11.6 Å². The third-order valence-electron chi connectivity index (χ3n) is 3.33. The van der Waals surface area contributed by atoms with Gasteiger partial charge < -0.3 is 9.15 Å². The lowest BCUT2D eigenvalue weighted by atomic mass is 10.2. The molecule has 0 bridgehead atoms. The lowest BCUT2D eigenvalue weighted by Crippen LogP contribution is -2.05. The van der Waals surface area contributed by atoms with Crippen molar-refractivity contribution in [2.75, 3.05) is 7.11 Å². The third-order valence-corrected chi connectivity index (χ3v) is 3.57. The van der Waals surface area contributed by atoms with Gasteiger partial charge in [0.2, 0.25) is 0 Å². The number of rotatable bonds is 6.